The van der Waals surface area contributed by atoms with E-state index >= 15 is 0 Å². The smallest absolute Gasteiger partial charge is 0.121 e. The van der Waals surface area contributed by atoms with Gasteiger partial charge in [-0.3, -0.25) is 0 Å². The van der Waals surface area contributed by atoms with Gasteiger partial charge in [0.1, 0.15) is 5.75 Å². The molecule has 3 aromatic rings. The number of benzene rings is 3. The average molecular weight is 273 g/mol. The minimum atomic E-state index is 0.300. The van der Waals surface area contributed by atoms with E-state index in [1.165, 1.54) is 0 Å². The Morgan fingerprint density at radius 2 is 1.86 bits per heavy atom. The molecule has 2 nitrogen and oxygen atoms in total. The maximum atomic E-state index is 10.1. The molecule has 0 aliphatic carbocycles. The van der Waals surface area contributed by atoms with Crippen LogP contribution >= 0.6 is 0 Å². The van der Waals surface area contributed by atoms with Crippen molar-refractivity contribution in [3.63, 3.8) is 0 Å². The summed E-state index contributed by atoms with van der Waals surface area (Å²) in [5, 5.41) is 15.6. The molecule has 0 atom stereocenters. The molecule has 21 heavy (non-hydrogen) atoms. The SMILES string of the molecule is C#Cc1cccc(NCc2c(O)ccc3ccccc23)c1. The van der Waals surface area contributed by atoms with Gasteiger partial charge in [0, 0.05) is 23.4 Å². The second-order valence-electron chi connectivity index (χ2n) is 4.86. The zero-order valence-corrected chi connectivity index (χ0v) is 11.5. The monoisotopic (exact) mass is 273 g/mol. The fraction of sp³-hybridized carbons (Fsp3) is 0.0526. The van der Waals surface area contributed by atoms with Crippen LogP contribution in [-0.2, 0) is 6.54 Å². The van der Waals surface area contributed by atoms with Crippen LogP contribution in [-0.4, -0.2) is 5.11 Å². The Labute approximate surface area is 124 Å². The minimum absolute atomic E-state index is 0.300. The van der Waals surface area contributed by atoms with Crippen molar-refractivity contribution in [3.05, 3.63) is 71.8 Å². The van der Waals surface area contributed by atoms with Crippen LogP contribution in [0.25, 0.3) is 10.8 Å². The van der Waals surface area contributed by atoms with Crippen LogP contribution < -0.4 is 5.32 Å². The summed E-state index contributed by atoms with van der Waals surface area (Å²) in [6.45, 7) is 0.543. The first-order chi connectivity index (χ1) is 10.3. The molecule has 0 radical (unpaired) electrons. The molecule has 0 saturated heterocycles. The molecule has 0 aromatic heterocycles. The van der Waals surface area contributed by atoms with E-state index in [2.05, 4.69) is 11.2 Å². The van der Waals surface area contributed by atoms with Crippen molar-refractivity contribution in [2.45, 2.75) is 6.54 Å². The van der Waals surface area contributed by atoms with Crippen molar-refractivity contribution in [1.82, 2.24) is 0 Å². The molecule has 3 aromatic carbocycles. The Morgan fingerprint density at radius 3 is 2.71 bits per heavy atom. The molecule has 2 N–H and O–H groups in total. The molecule has 3 rings (SSSR count). The second-order valence-corrected chi connectivity index (χ2v) is 4.86. The highest BCUT2D eigenvalue weighted by Gasteiger charge is 2.06. The number of phenols is 1. The highest BCUT2D eigenvalue weighted by atomic mass is 16.3. The predicted molar refractivity (Wildman–Crippen MR) is 87.3 cm³/mol. The summed E-state index contributed by atoms with van der Waals surface area (Å²) in [7, 11) is 0. The quantitative estimate of drug-likeness (QED) is 0.703. The average Bonchev–Trinajstić information content (AvgIpc) is 2.54. The number of hydrogen-bond donors (Lipinski definition) is 2. The van der Waals surface area contributed by atoms with E-state index in [0.717, 1.165) is 27.6 Å². The van der Waals surface area contributed by atoms with E-state index in [0.29, 0.717) is 12.3 Å². The van der Waals surface area contributed by atoms with Gasteiger partial charge in [-0.15, -0.1) is 6.42 Å². The van der Waals surface area contributed by atoms with Gasteiger partial charge in [0.05, 0.1) is 0 Å². The van der Waals surface area contributed by atoms with Crippen LogP contribution in [0.15, 0.2) is 60.7 Å². The molecular formula is C19H15NO. The fourth-order valence-corrected chi connectivity index (χ4v) is 2.42. The lowest BCUT2D eigenvalue weighted by Gasteiger charge is -2.11. The summed E-state index contributed by atoms with van der Waals surface area (Å²) in [4.78, 5) is 0. The normalized spacial score (nSPS) is 10.2. The first-order valence-corrected chi connectivity index (χ1v) is 6.78. The van der Waals surface area contributed by atoms with Gasteiger partial charge in [0.25, 0.3) is 0 Å². The van der Waals surface area contributed by atoms with Gasteiger partial charge in [-0.2, -0.15) is 0 Å². The molecule has 0 heterocycles. The Hall–Kier alpha value is -2.92. The third kappa shape index (κ3) is 2.68. The maximum absolute atomic E-state index is 10.1. The number of hydrogen-bond acceptors (Lipinski definition) is 2. The molecule has 2 heteroatoms. The zero-order valence-electron chi connectivity index (χ0n) is 11.5. The van der Waals surface area contributed by atoms with Gasteiger partial charge >= 0.3 is 0 Å². The molecule has 0 saturated carbocycles. The topological polar surface area (TPSA) is 32.3 Å². The summed E-state index contributed by atoms with van der Waals surface area (Å²) in [6, 6.07) is 19.4. The lowest BCUT2D eigenvalue weighted by Crippen LogP contribution is -2.00. The fourth-order valence-electron chi connectivity index (χ4n) is 2.42. The van der Waals surface area contributed by atoms with Crippen molar-refractivity contribution in [3.8, 4) is 18.1 Å². The molecule has 0 fully saturated rings. The molecule has 0 spiro atoms. The minimum Gasteiger partial charge on any atom is -0.508 e. The van der Waals surface area contributed by atoms with E-state index in [-0.39, 0.29) is 0 Å². The Bertz CT molecular complexity index is 830. The van der Waals surface area contributed by atoms with Crippen LogP contribution in [0.2, 0.25) is 0 Å². The molecule has 0 amide bonds. The van der Waals surface area contributed by atoms with Crippen LogP contribution in [0.3, 0.4) is 0 Å². The number of aromatic hydroxyl groups is 1. The third-order valence-corrected chi connectivity index (χ3v) is 3.51. The second kappa shape index (κ2) is 5.60. The summed E-state index contributed by atoms with van der Waals surface area (Å²) >= 11 is 0. The van der Waals surface area contributed by atoms with Crippen LogP contribution in [0.1, 0.15) is 11.1 Å². The first kappa shape index (κ1) is 13.1. The van der Waals surface area contributed by atoms with Gasteiger partial charge in [-0.05, 0) is 35.0 Å². The van der Waals surface area contributed by atoms with Crippen LogP contribution in [0.5, 0.6) is 5.75 Å². The molecule has 0 unspecified atom stereocenters. The van der Waals surface area contributed by atoms with Crippen molar-refractivity contribution in [1.29, 1.82) is 0 Å². The lowest BCUT2D eigenvalue weighted by molar-refractivity contribution is 0.470. The highest BCUT2D eigenvalue weighted by Crippen LogP contribution is 2.27. The van der Waals surface area contributed by atoms with E-state index in [1.54, 1.807) is 6.07 Å². The highest BCUT2D eigenvalue weighted by molar-refractivity contribution is 5.87. The Morgan fingerprint density at radius 1 is 1.00 bits per heavy atom. The third-order valence-electron chi connectivity index (χ3n) is 3.51. The summed E-state index contributed by atoms with van der Waals surface area (Å²) in [5.41, 5.74) is 2.67. The zero-order chi connectivity index (χ0) is 14.7. The van der Waals surface area contributed by atoms with Crippen molar-refractivity contribution in [2.75, 3.05) is 5.32 Å². The summed E-state index contributed by atoms with van der Waals surface area (Å²) in [6.07, 6.45) is 5.41. The largest absolute Gasteiger partial charge is 0.508 e. The molecule has 0 aliphatic rings. The molecule has 0 bridgehead atoms. The summed E-state index contributed by atoms with van der Waals surface area (Å²) in [5.74, 6) is 2.92. The number of terminal acetylenes is 1. The standard InChI is InChI=1S/C19H15NO/c1-2-14-6-5-8-16(12-14)20-13-18-17-9-4-3-7-15(17)10-11-19(18)21/h1,3-12,20-21H,13H2. The number of anilines is 1. The Balaban J connectivity index is 1.91. The van der Waals surface area contributed by atoms with Crippen molar-refractivity contribution in [2.24, 2.45) is 0 Å². The van der Waals surface area contributed by atoms with Crippen molar-refractivity contribution >= 4 is 16.5 Å². The van der Waals surface area contributed by atoms with Gasteiger partial charge in [-0.1, -0.05) is 42.3 Å². The number of phenolic OH excluding ortho intramolecular Hbond substituents is 1. The molecule has 102 valence electrons. The van der Waals surface area contributed by atoms with Crippen LogP contribution in [0, 0.1) is 12.3 Å². The van der Waals surface area contributed by atoms with Gasteiger partial charge in [-0.25, -0.2) is 0 Å². The van der Waals surface area contributed by atoms with Crippen molar-refractivity contribution < 1.29 is 5.11 Å². The van der Waals surface area contributed by atoms with Gasteiger partial charge in [0.15, 0.2) is 0 Å². The van der Waals surface area contributed by atoms with E-state index in [4.69, 9.17) is 6.42 Å². The van der Waals surface area contributed by atoms with E-state index in [1.807, 2.05) is 54.6 Å². The van der Waals surface area contributed by atoms with E-state index in [9.17, 15) is 5.11 Å². The Kier molecular flexibility index (Phi) is 3.49. The maximum Gasteiger partial charge on any atom is 0.121 e. The van der Waals surface area contributed by atoms with E-state index < -0.39 is 0 Å². The number of nitrogens with one attached hydrogen (secondary N) is 1. The van der Waals surface area contributed by atoms with Gasteiger partial charge < -0.3 is 10.4 Å². The first-order valence-electron chi connectivity index (χ1n) is 6.78. The van der Waals surface area contributed by atoms with Crippen LogP contribution in [0.4, 0.5) is 5.69 Å². The predicted octanol–water partition coefficient (Wildman–Crippen LogP) is 4.14. The molecular weight excluding hydrogens is 258 g/mol. The number of fused-ring (bicyclic) bond motifs is 1. The lowest BCUT2D eigenvalue weighted by atomic mass is 10.0. The molecule has 0 aliphatic heterocycles. The number of rotatable bonds is 3. The summed E-state index contributed by atoms with van der Waals surface area (Å²) < 4.78 is 0. The van der Waals surface area contributed by atoms with Gasteiger partial charge in [0.2, 0.25) is 0 Å².